The van der Waals surface area contributed by atoms with Crippen molar-refractivity contribution in [3.8, 4) is 5.75 Å². The summed E-state index contributed by atoms with van der Waals surface area (Å²) in [7, 11) is 0. The third-order valence-electron chi connectivity index (χ3n) is 4.46. The van der Waals surface area contributed by atoms with E-state index in [1.807, 2.05) is 37.3 Å². The van der Waals surface area contributed by atoms with Gasteiger partial charge in [0.25, 0.3) is 5.91 Å². The number of phenolic OH excluding ortho intramolecular Hbond substituents is 1. The lowest BCUT2D eigenvalue weighted by Gasteiger charge is -2.16. The van der Waals surface area contributed by atoms with Crippen LogP contribution in [0.2, 0.25) is 0 Å². The van der Waals surface area contributed by atoms with E-state index in [0.717, 1.165) is 36.2 Å². The van der Waals surface area contributed by atoms with Crippen LogP contribution in [-0.2, 0) is 17.8 Å². The summed E-state index contributed by atoms with van der Waals surface area (Å²) in [5.74, 6) is -0.191. The Morgan fingerprint density at radius 1 is 1.20 bits per heavy atom. The Morgan fingerprint density at radius 3 is 2.76 bits per heavy atom. The molecule has 2 N–H and O–H groups in total. The van der Waals surface area contributed by atoms with Crippen LogP contribution < -0.4 is 10.2 Å². The van der Waals surface area contributed by atoms with Gasteiger partial charge in [0.15, 0.2) is 0 Å². The van der Waals surface area contributed by atoms with Crippen molar-refractivity contribution in [2.75, 3.05) is 11.4 Å². The molecule has 1 fully saturated rings. The van der Waals surface area contributed by atoms with Crippen LogP contribution >= 0.6 is 0 Å². The molecule has 2 aromatic carbocycles. The molecule has 2 amide bonds. The second-order valence-corrected chi connectivity index (χ2v) is 6.21. The number of carbonyl (C=O) groups excluding carboxylic acids is 2. The number of nitrogens with zero attached hydrogens (tertiary/aromatic N) is 1. The van der Waals surface area contributed by atoms with Gasteiger partial charge < -0.3 is 15.3 Å². The molecule has 3 rings (SSSR count). The predicted octanol–water partition coefficient (Wildman–Crippen LogP) is 3.01. The molecule has 0 unspecified atom stereocenters. The van der Waals surface area contributed by atoms with Gasteiger partial charge in [-0.2, -0.15) is 0 Å². The van der Waals surface area contributed by atoms with Gasteiger partial charge >= 0.3 is 0 Å². The van der Waals surface area contributed by atoms with Gasteiger partial charge in [0, 0.05) is 25.2 Å². The minimum absolute atomic E-state index is 0.0221. The number of anilines is 1. The highest BCUT2D eigenvalue weighted by molar-refractivity contribution is 5.97. The maximum absolute atomic E-state index is 12.4. The van der Waals surface area contributed by atoms with E-state index in [0.29, 0.717) is 13.0 Å². The van der Waals surface area contributed by atoms with E-state index in [-0.39, 0.29) is 23.1 Å². The lowest BCUT2D eigenvalue weighted by Crippen LogP contribution is -2.25. The van der Waals surface area contributed by atoms with Crippen molar-refractivity contribution >= 4 is 17.5 Å². The average molecular weight is 338 g/mol. The quantitative estimate of drug-likeness (QED) is 0.880. The molecular weight excluding hydrogens is 316 g/mol. The molecule has 130 valence electrons. The van der Waals surface area contributed by atoms with Crippen LogP contribution in [0.25, 0.3) is 0 Å². The second kappa shape index (κ2) is 7.38. The summed E-state index contributed by atoms with van der Waals surface area (Å²) in [6, 6.07) is 12.7. The van der Waals surface area contributed by atoms with Gasteiger partial charge in [-0.3, -0.25) is 9.59 Å². The van der Waals surface area contributed by atoms with Crippen molar-refractivity contribution in [2.45, 2.75) is 32.7 Å². The SMILES string of the molecule is CCc1ccc(O)c(C(=O)NCc2cccc(N3CCCC3=O)c2)c1. The second-order valence-electron chi connectivity index (χ2n) is 6.21. The topological polar surface area (TPSA) is 69.6 Å². The van der Waals surface area contributed by atoms with Crippen molar-refractivity contribution in [1.29, 1.82) is 0 Å². The number of hydrogen-bond donors (Lipinski definition) is 2. The molecule has 0 spiro atoms. The van der Waals surface area contributed by atoms with Gasteiger partial charge in [-0.1, -0.05) is 25.1 Å². The molecule has 2 aromatic rings. The van der Waals surface area contributed by atoms with E-state index in [1.165, 1.54) is 0 Å². The van der Waals surface area contributed by atoms with E-state index in [4.69, 9.17) is 0 Å². The highest BCUT2D eigenvalue weighted by atomic mass is 16.3. The average Bonchev–Trinajstić information content (AvgIpc) is 3.06. The number of benzene rings is 2. The number of aryl methyl sites for hydroxylation is 1. The molecule has 1 aliphatic heterocycles. The maximum atomic E-state index is 12.4. The molecule has 5 nitrogen and oxygen atoms in total. The van der Waals surface area contributed by atoms with Crippen LogP contribution in [-0.4, -0.2) is 23.5 Å². The van der Waals surface area contributed by atoms with Crippen molar-refractivity contribution < 1.29 is 14.7 Å². The molecule has 1 aliphatic rings. The fourth-order valence-electron chi connectivity index (χ4n) is 3.02. The summed E-state index contributed by atoms with van der Waals surface area (Å²) in [6.07, 6.45) is 2.27. The molecule has 0 aromatic heterocycles. The van der Waals surface area contributed by atoms with E-state index >= 15 is 0 Å². The lowest BCUT2D eigenvalue weighted by atomic mass is 10.1. The highest BCUT2D eigenvalue weighted by Gasteiger charge is 2.21. The Kier molecular flexibility index (Phi) is 5.03. The number of carbonyl (C=O) groups is 2. The number of phenols is 1. The summed E-state index contributed by atoms with van der Waals surface area (Å²) >= 11 is 0. The molecular formula is C20H22N2O3. The van der Waals surface area contributed by atoms with E-state index in [9.17, 15) is 14.7 Å². The van der Waals surface area contributed by atoms with Crippen LogP contribution in [0.4, 0.5) is 5.69 Å². The Morgan fingerprint density at radius 2 is 2.04 bits per heavy atom. The molecule has 0 radical (unpaired) electrons. The first kappa shape index (κ1) is 17.0. The molecule has 0 atom stereocenters. The zero-order valence-corrected chi connectivity index (χ0v) is 14.3. The van der Waals surface area contributed by atoms with E-state index in [1.54, 1.807) is 17.0 Å². The molecule has 0 bridgehead atoms. The Hall–Kier alpha value is -2.82. The molecule has 0 aliphatic carbocycles. The summed E-state index contributed by atoms with van der Waals surface area (Å²) < 4.78 is 0. The normalized spacial score (nSPS) is 14.0. The van der Waals surface area contributed by atoms with Crippen molar-refractivity contribution in [2.24, 2.45) is 0 Å². The van der Waals surface area contributed by atoms with Gasteiger partial charge in [0.1, 0.15) is 5.75 Å². The smallest absolute Gasteiger partial charge is 0.255 e. The zero-order valence-electron chi connectivity index (χ0n) is 14.3. The van der Waals surface area contributed by atoms with Gasteiger partial charge in [0.2, 0.25) is 5.91 Å². The van der Waals surface area contributed by atoms with E-state index < -0.39 is 0 Å². The maximum Gasteiger partial charge on any atom is 0.255 e. The largest absolute Gasteiger partial charge is 0.507 e. The first-order chi connectivity index (χ1) is 12.1. The predicted molar refractivity (Wildman–Crippen MR) is 96.7 cm³/mol. The number of amides is 2. The zero-order chi connectivity index (χ0) is 17.8. The third kappa shape index (κ3) is 3.82. The van der Waals surface area contributed by atoms with Gasteiger partial charge in [-0.25, -0.2) is 0 Å². The monoisotopic (exact) mass is 338 g/mol. The minimum atomic E-state index is -0.310. The molecule has 5 heteroatoms. The van der Waals surface area contributed by atoms with Crippen LogP contribution in [0.3, 0.4) is 0 Å². The van der Waals surface area contributed by atoms with Crippen molar-refractivity contribution in [3.63, 3.8) is 0 Å². The third-order valence-corrected chi connectivity index (χ3v) is 4.46. The summed E-state index contributed by atoms with van der Waals surface area (Å²) in [5.41, 5.74) is 3.06. The summed E-state index contributed by atoms with van der Waals surface area (Å²) in [5, 5.41) is 12.7. The molecule has 0 saturated carbocycles. The Labute approximate surface area is 147 Å². The fraction of sp³-hybridized carbons (Fsp3) is 0.300. The lowest BCUT2D eigenvalue weighted by molar-refractivity contribution is -0.117. The molecule has 1 heterocycles. The first-order valence-corrected chi connectivity index (χ1v) is 8.58. The number of rotatable bonds is 5. The molecule has 25 heavy (non-hydrogen) atoms. The highest BCUT2D eigenvalue weighted by Crippen LogP contribution is 2.23. The minimum Gasteiger partial charge on any atom is -0.507 e. The van der Waals surface area contributed by atoms with Crippen LogP contribution in [0.1, 0.15) is 41.3 Å². The fourth-order valence-corrected chi connectivity index (χ4v) is 3.02. The summed E-state index contributed by atoms with van der Waals surface area (Å²) in [4.78, 5) is 26.0. The first-order valence-electron chi connectivity index (χ1n) is 8.58. The number of hydrogen-bond acceptors (Lipinski definition) is 3. The number of nitrogens with one attached hydrogen (secondary N) is 1. The Balaban J connectivity index is 1.69. The van der Waals surface area contributed by atoms with Crippen LogP contribution in [0, 0.1) is 0 Å². The van der Waals surface area contributed by atoms with Gasteiger partial charge in [-0.15, -0.1) is 0 Å². The van der Waals surface area contributed by atoms with Gasteiger partial charge in [0.05, 0.1) is 5.56 Å². The summed E-state index contributed by atoms with van der Waals surface area (Å²) in [6.45, 7) is 3.08. The van der Waals surface area contributed by atoms with Gasteiger partial charge in [-0.05, 0) is 48.2 Å². The van der Waals surface area contributed by atoms with Crippen molar-refractivity contribution in [3.05, 3.63) is 59.2 Å². The van der Waals surface area contributed by atoms with Crippen LogP contribution in [0.5, 0.6) is 5.75 Å². The Bertz CT molecular complexity index is 801. The standard InChI is InChI=1S/C20H22N2O3/c1-2-14-8-9-18(23)17(12-14)20(25)21-13-15-5-3-6-16(11-15)22-10-4-7-19(22)24/h3,5-6,8-9,11-12,23H,2,4,7,10,13H2,1H3,(H,21,25). The molecule has 1 saturated heterocycles. The number of aromatic hydroxyl groups is 1. The van der Waals surface area contributed by atoms with Crippen LogP contribution in [0.15, 0.2) is 42.5 Å². The van der Waals surface area contributed by atoms with Crippen molar-refractivity contribution in [1.82, 2.24) is 5.32 Å². The van der Waals surface area contributed by atoms with E-state index in [2.05, 4.69) is 5.32 Å².